The Kier molecular flexibility index (Phi) is 4.97. The van der Waals surface area contributed by atoms with Gasteiger partial charge in [0.1, 0.15) is 0 Å². The Labute approximate surface area is 162 Å². The summed E-state index contributed by atoms with van der Waals surface area (Å²) < 4.78 is 0. The molecule has 5 heteroatoms. The number of rotatable bonds is 2. The first-order chi connectivity index (χ1) is 13.0. The molecule has 3 aliphatic heterocycles. The predicted molar refractivity (Wildman–Crippen MR) is 105 cm³/mol. The van der Waals surface area contributed by atoms with E-state index in [9.17, 15) is 9.59 Å². The molecule has 1 aromatic rings. The number of benzene rings is 1. The van der Waals surface area contributed by atoms with Crippen LogP contribution >= 0.6 is 0 Å². The highest BCUT2D eigenvalue weighted by Gasteiger charge is 2.44. The van der Waals surface area contributed by atoms with Crippen LogP contribution in [-0.2, 0) is 4.79 Å². The third kappa shape index (κ3) is 3.62. The molecule has 3 saturated heterocycles. The summed E-state index contributed by atoms with van der Waals surface area (Å²) in [5.74, 6) is 0.290. The monoisotopic (exact) mass is 369 g/mol. The van der Waals surface area contributed by atoms with Crippen molar-refractivity contribution in [3.05, 3.63) is 35.9 Å². The van der Waals surface area contributed by atoms with Crippen LogP contribution in [0.2, 0.25) is 0 Å². The van der Waals surface area contributed by atoms with Gasteiger partial charge in [-0.2, -0.15) is 0 Å². The van der Waals surface area contributed by atoms with Crippen LogP contribution in [0.3, 0.4) is 0 Å². The quantitative estimate of drug-likeness (QED) is 0.872. The van der Waals surface area contributed by atoms with E-state index in [0.29, 0.717) is 17.5 Å². The molecule has 0 saturated carbocycles. The summed E-state index contributed by atoms with van der Waals surface area (Å²) in [7, 11) is 0. The molecule has 3 heterocycles. The Bertz CT molecular complexity index is 689. The minimum absolute atomic E-state index is 0.0453. The number of nitrogens with zero attached hydrogens (tertiary/aromatic N) is 2. The van der Waals surface area contributed by atoms with Gasteiger partial charge < -0.3 is 15.1 Å². The number of piperidine rings is 2. The first kappa shape index (κ1) is 18.5. The summed E-state index contributed by atoms with van der Waals surface area (Å²) in [6, 6.07) is 9.42. The van der Waals surface area contributed by atoms with Gasteiger partial charge in [-0.25, -0.2) is 0 Å². The second-order valence-corrected chi connectivity index (χ2v) is 8.98. The van der Waals surface area contributed by atoms with E-state index < -0.39 is 5.41 Å². The van der Waals surface area contributed by atoms with Gasteiger partial charge in [0.15, 0.2) is 0 Å². The van der Waals surface area contributed by atoms with Crippen molar-refractivity contribution in [2.75, 3.05) is 39.3 Å². The summed E-state index contributed by atoms with van der Waals surface area (Å²) in [5.41, 5.74) is 0.670. The van der Waals surface area contributed by atoms with E-state index >= 15 is 0 Å². The van der Waals surface area contributed by atoms with Crippen LogP contribution in [0.1, 0.15) is 49.4 Å². The van der Waals surface area contributed by atoms with Crippen molar-refractivity contribution in [1.82, 2.24) is 15.1 Å². The number of likely N-dealkylation sites (tertiary alicyclic amines) is 2. The van der Waals surface area contributed by atoms with Gasteiger partial charge >= 0.3 is 0 Å². The van der Waals surface area contributed by atoms with Crippen LogP contribution in [0.15, 0.2) is 30.3 Å². The SMILES string of the molecule is CC1(C(=O)N2CCC3(CCNC3)CC2)CCCN(C(=O)c2ccccc2)C1. The fraction of sp³-hybridized carbons (Fsp3) is 0.636. The fourth-order valence-corrected chi connectivity index (χ4v) is 5.14. The fourth-order valence-electron chi connectivity index (χ4n) is 5.14. The highest BCUT2D eigenvalue weighted by Crippen LogP contribution is 2.39. The molecular weight excluding hydrogens is 338 g/mol. The number of nitrogens with one attached hydrogen (secondary N) is 1. The van der Waals surface area contributed by atoms with E-state index in [4.69, 9.17) is 0 Å². The maximum Gasteiger partial charge on any atom is 0.253 e. The normalized spacial score (nSPS) is 27.7. The molecule has 1 atom stereocenters. The van der Waals surface area contributed by atoms with Crippen molar-refractivity contribution in [3.63, 3.8) is 0 Å². The van der Waals surface area contributed by atoms with Crippen LogP contribution in [-0.4, -0.2) is 60.9 Å². The second-order valence-electron chi connectivity index (χ2n) is 8.98. The molecule has 0 radical (unpaired) electrons. The molecule has 0 bridgehead atoms. The topological polar surface area (TPSA) is 52.7 Å². The lowest BCUT2D eigenvalue weighted by Crippen LogP contribution is -2.55. The largest absolute Gasteiger partial charge is 0.342 e. The Morgan fingerprint density at radius 3 is 2.37 bits per heavy atom. The van der Waals surface area contributed by atoms with Crippen LogP contribution in [0.5, 0.6) is 0 Å². The zero-order valence-corrected chi connectivity index (χ0v) is 16.4. The number of amides is 2. The van der Waals surface area contributed by atoms with Crippen LogP contribution in [0.25, 0.3) is 0 Å². The number of hydrogen-bond donors (Lipinski definition) is 1. The van der Waals surface area contributed by atoms with Crippen molar-refractivity contribution in [1.29, 1.82) is 0 Å². The zero-order chi connectivity index (χ0) is 18.9. The molecule has 146 valence electrons. The van der Waals surface area contributed by atoms with Crippen LogP contribution in [0, 0.1) is 10.8 Å². The van der Waals surface area contributed by atoms with Gasteiger partial charge in [-0.1, -0.05) is 18.2 Å². The van der Waals surface area contributed by atoms with E-state index in [2.05, 4.69) is 17.1 Å². The van der Waals surface area contributed by atoms with Gasteiger partial charge in [-0.05, 0) is 63.1 Å². The lowest BCUT2D eigenvalue weighted by atomic mass is 9.75. The molecule has 0 aromatic heterocycles. The van der Waals surface area contributed by atoms with Crippen molar-refractivity contribution >= 4 is 11.8 Å². The third-order valence-electron chi connectivity index (χ3n) is 6.96. The minimum atomic E-state index is -0.457. The summed E-state index contributed by atoms with van der Waals surface area (Å²) >= 11 is 0. The van der Waals surface area contributed by atoms with Gasteiger partial charge in [0.05, 0.1) is 5.41 Å². The lowest BCUT2D eigenvalue weighted by molar-refractivity contribution is -0.146. The number of hydrogen-bond acceptors (Lipinski definition) is 3. The maximum atomic E-state index is 13.4. The molecule has 1 aromatic carbocycles. The van der Waals surface area contributed by atoms with E-state index in [1.165, 1.54) is 6.42 Å². The first-order valence-corrected chi connectivity index (χ1v) is 10.4. The third-order valence-corrected chi connectivity index (χ3v) is 6.96. The Morgan fingerprint density at radius 1 is 0.963 bits per heavy atom. The number of carbonyl (C=O) groups is 2. The average Bonchev–Trinajstić information content (AvgIpc) is 3.16. The molecular formula is C22H31N3O2. The van der Waals surface area contributed by atoms with Gasteiger partial charge in [0, 0.05) is 38.3 Å². The molecule has 1 N–H and O–H groups in total. The van der Waals surface area contributed by atoms with Crippen LogP contribution < -0.4 is 5.32 Å². The second kappa shape index (κ2) is 7.27. The smallest absolute Gasteiger partial charge is 0.253 e. The van der Waals surface area contributed by atoms with E-state index in [-0.39, 0.29) is 11.8 Å². The van der Waals surface area contributed by atoms with Gasteiger partial charge in [0.25, 0.3) is 5.91 Å². The van der Waals surface area contributed by atoms with Gasteiger partial charge in [0.2, 0.25) is 5.91 Å². The van der Waals surface area contributed by atoms with E-state index in [1.54, 1.807) is 0 Å². The van der Waals surface area contributed by atoms with Crippen molar-refractivity contribution in [3.8, 4) is 0 Å². The molecule has 5 nitrogen and oxygen atoms in total. The Morgan fingerprint density at radius 2 is 1.70 bits per heavy atom. The Hall–Kier alpha value is -1.88. The molecule has 3 fully saturated rings. The summed E-state index contributed by atoms with van der Waals surface area (Å²) in [6.45, 7) is 7.27. The predicted octanol–water partition coefficient (Wildman–Crippen LogP) is 2.53. The molecule has 1 unspecified atom stereocenters. The average molecular weight is 370 g/mol. The van der Waals surface area contributed by atoms with E-state index in [1.807, 2.05) is 35.2 Å². The molecule has 3 aliphatic rings. The zero-order valence-electron chi connectivity index (χ0n) is 16.4. The summed E-state index contributed by atoms with van der Waals surface area (Å²) in [6.07, 6.45) is 5.21. The molecule has 0 aliphatic carbocycles. The highest BCUT2D eigenvalue weighted by atomic mass is 16.2. The standard InChI is InChI=1S/C22H31N3O2/c1-21(20(27)24-14-10-22(11-15-24)9-12-23-16-22)8-5-13-25(17-21)19(26)18-6-3-2-4-7-18/h2-4,6-7,23H,5,8-17H2,1H3. The van der Waals surface area contributed by atoms with Crippen molar-refractivity contribution in [2.45, 2.75) is 39.0 Å². The molecule has 27 heavy (non-hydrogen) atoms. The minimum Gasteiger partial charge on any atom is -0.342 e. The lowest BCUT2D eigenvalue weighted by Gasteiger charge is -2.45. The van der Waals surface area contributed by atoms with Crippen molar-refractivity contribution < 1.29 is 9.59 Å². The summed E-state index contributed by atoms with van der Waals surface area (Å²) in [5, 5.41) is 3.48. The van der Waals surface area contributed by atoms with Crippen molar-refractivity contribution in [2.24, 2.45) is 10.8 Å². The highest BCUT2D eigenvalue weighted by molar-refractivity contribution is 5.95. The van der Waals surface area contributed by atoms with Crippen LogP contribution in [0.4, 0.5) is 0 Å². The van der Waals surface area contributed by atoms with Gasteiger partial charge in [-0.3, -0.25) is 9.59 Å². The van der Waals surface area contributed by atoms with E-state index in [0.717, 1.165) is 58.4 Å². The summed E-state index contributed by atoms with van der Waals surface area (Å²) in [4.78, 5) is 30.2. The Balaban J connectivity index is 1.41. The molecule has 4 rings (SSSR count). The van der Waals surface area contributed by atoms with Gasteiger partial charge in [-0.15, -0.1) is 0 Å². The maximum absolute atomic E-state index is 13.4. The number of carbonyl (C=O) groups excluding carboxylic acids is 2. The molecule has 2 amide bonds. The first-order valence-electron chi connectivity index (χ1n) is 10.4. The molecule has 1 spiro atoms.